The van der Waals surface area contributed by atoms with Gasteiger partial charge in [-0.05, 0) is 51.9 Å². The number of carbonyl (C=O) groups is 2. The molecular weight excluding hydrogens is 521 g/mol. The van der Waals surface area contributed by atoms with E-state index in [0.717, 1.165) is 43.6 Å². The predicted octanol–water partition coefficient (Wildman–Crippen LogP) is 4.72. The minimum absolute atomic E-state index is 0.126. The fraction of sp³-hybridized carbons (Fsp3) is 0.455. The molecule has 1 aromatic carbocycles. The van der Waals surface area contributed by atoms with E-state index in [-0.39, 0.29) is 5.82 Å². The van der Waals surface area contributed by atoms with E-state index in [1.807, 2.05) is 12.1 Å². The largest absolute Gasteiger partial charge is 0.490 e. The molecule has 0 radical (unpaired) electrons. The molecular formula is C22H23F7N2O4S. The Kier molecular flexibility index (Phi) is 10.3. The van der Waals surface area contributed by atoms with Crippen molar-refractivity contribution in [2.45, 2.75) is 25.4 Å². The van der Waals surface area contributed by atoms with Gasteiger partial charge in [0.05, 0.1) is 0 Å². The van der Waals surface area contributed by atoms with Gasteiger partial charge in [-0.1, -0.05) is 12.1 Å². The quantitative estimate of drug-likeness (QED) is 0.543. The van der Waals surface area contributed by atoms with Crippen molar-refractivity contribution < 1.29 is 50.5 Å². The summed E-state index contributed by atoms with van der Waals surface area (Å²) in [7, 11) is 0. The van der Waals surface area contributed by atoms with E-state index in [2.05, 4.69) is 26.6 Å². The molecule has 0 spiro atoms. The Balaban J connectivity index is 0.000000271. The SMILES string of the molecule is Fc1cccc(CN2CC3CN(Cc4ccsc4)CC3C2)c1.O=C(O)C(F)(F)F.O=C(O)C(F)(F)F. The lowest BCUT2D eigenvalue weighted by Gasteiger charge is -2.21. The Labute approximate surface area is 205 Å². The average molecular weight is 544 g/mol. The third-order valence-corrected chi connectivity index (χ3v) is 6.14. The summed E-state index contributed by atoms with van der Waals surface area (Å²) in [5, 5.41) is 18.7. The molecule has 2 aliphatic heterocycles. The Bertz CT molecular complexity index is 961. The maximum atomic E-state index is 13.3. The first-order valence-electron chi connectivity index (χ1n) is 10.5. The molecule has 2 aromatic rings. The molecule has 2 saturated heterocycles. The lowest BCUT2D eigenvalue weighted by Crippen LogP contribution is -2.28. The number of alkyl halides is 6. The molecule has 0 aliphatic carbocycles. The Morgan fingerprint density at radius 1 is 0.833 bits per heavy atom. The van der Waals surface area contributed by atoms with Crippen LogP contribution in [-0.2, 0) is 22.7 Å². The fourth-order valence-electron chi connectivity index (χ4n) is 3.98. The van der Waals surface area contributed by atoms with Crippen LogP contribution in [0.1, 0.15) is 11.1 Å². The van der Waals surface area contributed by atoms with Crippen LogP contribution in [0.5, 0.6) is 0 Å². The first-order valence-corrected chi connectivity index (χ1v) is 11.4. The molecule has 3 heterocycles. The standard InChI is InChI=1S/C18H21FN2S.2C2HF3O2/c19-18-3-1-2-14(6-18)7-20-9-16-11-21(12-17(16)10-20)8-15-4-5-22-13-15;2*3-2(4,5)1(6)7/h1-6,13,16-17H,7-12H2;2*(H,6,7). The normalized spacial score (nSPS) is 20.1. The van der Waals surface area contributed by atoms with Gasteiger partial charge >= 0.3 is 24.3 Å². The Morgan fingerprint density at radius 2 is 1.28 bits per heavy atom. The molecule has 6 nitrogen and oxygen atoms in total. The highest BCUT2D eigenvalue weighted by molar-refractivity contribution is 7.07. The molecule has 2 unspecified atom stereocenters. The van der Waals surface area contributed by atoms with Crippen LogP contribution in [0.15, 0.2) is 41.1 Å². The van der Waals surface area contributed by atoms with Gasteiger partial charge < -0.3 is 10.2 Å². The van der Waals surface area contributed by atoms with Gasteiger partial charge in [0, 0.05) is 39.3 Å². The van der Waals surface area contributed by atoms with Gasteiger partial charge in [-0.2, -0.15) is 37.7 Å². The summed E-state index contributed by atoms with van der Waals surface area (Å²) >= 11 is 1.78. The van der Waals surface area contributed by atoms with Crippen molar-refractivity contribution in [3.05, 3.63) is 58.0 Å². The van der Waals surface area contributed by atoms with Crippen molar-refractivity contribution in [3.8, 4) is 0 Å². The fourth-order valence-corrected chi connectivity index (χ4v) is 4.64. The van der Waals surface area contributed by atoms with Crippen LogP contribution >= 0.6 is 11.3 Å². The number of halogens is 7. The average Bonchev–Trinajstić information content (AvgIpc) is 3.45. The first kappa shape index (κ1) is 29.5. The van der Waals surface area contributed by atoms with Crippen molar-refractivity contribution in [2.24, 2.45) is 11.8 Å². The van der Waals surface area contributed by atoms with E-state index in [1.165, 1.54) is 24.7 Å². The zero-order chi connectivity index (χ0) is 27.1. The van der Waals surface area contributed by atoms with Crippen LogP contribution in [0.3, 0.4) is 0 Å². The molecule has 14 heteroatoms. The van der Waals surface area contributed by atoms with Gasteiger partial charge in [-0.3, -0.25) is 9.80 Å². The second kappa shape index (κ2) is 12.5. The second-order valence-corrected chi connectivity index (χ2v) is 9.06. The number of hydrogen-bond donors (Lipinski definition) is 2. The van der Waals surface area contributed by atoms with Crippen LogP contribution in [0.2, 0.25) is 0 Å². The van der Waals surface area contributed by atoms with Crippen molar-refractivity contribution in [2.75, 3.05) is 26.2 Å². The topological polar surface area (TPSA) is 81.1 Å². The maximum absolute atomic E-state index is 13.3. The van der Waals surface area contributed by atoms with Gasteiger partial charge in [-0.25, -0.2) is 14.0 Å². The highest BCUT2D eigenvalue weighted by Crippen LogP contribution is 2.32. The summed E-state index contributed by atoms with van der Waals surface area (Å²) in [4.78, 5) is 22.9. The summed E-state index contributed by atoms with van der Waals surface area (Å²) in [5.41, 5.74) is 2.54. The molecule has 1 aromatic heterocycles. The third-order valence-electron chi connectivity index (χ3n) is 5.40. The van der Waals surface area contributed by atoms with E-state index < -0.39 is 24.3 Å². The Morgan fingerprint density at radius 3 is 1.64 bits per heavy atom. The summed E-state index contributed by atoms with van der Waals surface area (Å²) in [6.07, 6.45) is -10.2. The molecule has 0 saturated carbocycles. The number of benzene rings is 1. The molecule has 2 atom stereocenters. The van der Waals surface area contributed by atoms with Crippen LogP contribution in [-0.4, -0.2) is 70.5 Å². The number of carboxylic acid groups (broad SMARTS) is 2. The lowest BCUT2D eigenvalue weighted by atomic mass is 10.0. The van der Waals surface area contributed by atoms with Crippen molar-refractivity contribution in [1.29, 1.82) is 0 Å². The molecule has 2 fully saturated rings. The number of carboxylic acids is 2. The first-order chi connectivity index (χ1) is 16.6. The van der Waals surface area contributed by atoms with E-state index in [1.54, 1.807) is 17.4 Å². The molecule has 200 valence electrons. The number of likely N-dealkylation sites (tertiary alicyclic amines) is 2. The highest BCUT2D eigenvalue weighted by Gasteiger charge is 2.40. The Hall–Kier alpha value is -2.71. The summed E-state index contributed by atoms with van der Waals surface area (Å²) in [6, 6.07) is 9.25. The summed E-state index contributed by atoms with van der Waals surface area (Å²) < 4.78 is 76.8. The van der Waals surface area contributed by atoms with E-state index in [4.69, 9.17) is 19.8 Å². The number of rotatable bonds is 4. The number of hydrogen-bond acceptors (Lipinski definition) is 5. The predicted molar refractivity (Wildman–Crippen MR) is 116 cm³/mol. The van der Waals surface area contributed by atoms with Crippen molar-refractivity contribution >= 4 is 23.3 Å². The third kappa shape index (κ3) is 9.74. The molecule has 2 aliphatic rings. The maximum Gasteiger partial charge on any atom is 0.490 e. The smallest absolute Gasteiger partial charge is 0.475 e. The number of fused-ring (bicyclic) bond motifs is 1. The second-order valence-electron chi connectivity index (χ2n) is 8.28. The monoisotopic (exact) mass is 544 g/mol. The number of nitrogens with zero attached hydrogens (tertiary/aromatic N) is 2. The van der Waals surface area contributed by atoms with Gasteiger partial charge in [-0.15, -0.1) is 0 Å². The number of thiophene rings is 1. The molecule has 0 amide bonds. The van der Waals surface area contributed by atoms with Crippen LogP contribution < -0.4 is 0 Å². The lowest BCUT2D eigenvalue weighted by molar-refractivity contribution is -0.193. The number of aliphatic carboxylic acids is 2. The zero-order valence-electron chi connectivity index (χ0n) is 18.6. The van der Waals surface area contributed by atoms with Crippen molar-refractivity contribution in [1.82, 2.24) is 9.80 Å². The van der Waals surface area contributed by atoms with Gasteiger partial charge in [0.2, 0.25) is 0 Å². The van der Waals surface area contributed by atoms with E-state index >= 15 is 0 Å². The molecule has 4 rings (SSSR count). The molecule has 36 heavy (non-hydrogen) atoms. The van der Waals surface area contributed by atoms with Crippen LogP contribution in [0, 0.1) is 17.7 Å². The van der Waals surface area contributed by atoms with Gasteiger partial charge in [0.15, 0.2) is 0 Å². The minimum Gasteiger partial charge on any atom is -0.475 e. The van der Waals surface area contributed by atoms with E-state index in [9.17, 15) is 30.7 Å². The van der Waals surface area contributed by atoms with Crippen LogP contribution in [0.25, 0.3) is 0 Å². The minimum atomic E-state index is -5.08. The molecule has 2 N–H and O–H groups in total. The van der Waals surface area contributed by atoms with Crippen LogP contribution in [0.4, 0.5) is 30.7 Å². The van der Waals surface area contributed by atoms with E-state index in [0.29, 0.717) is 0 Å². The zero-order valence-corrected chi connectivity index (χ0v) is 19.4. The summed E-state index contributed by atoms with van der Waals surface area (Å²) in [6.45, 7) is 6.71. The van der Waals surface area contributed by atoms with Gasteiger partial charge in [0.1, 0.15) is 5.82 Å². The highest BCUT2D eigenvalue weighted by atomic mass is 32.1. The van der Waals surface area contributed by atoms with Gasteiger partial charge in [0.25, 0.3) is 0 Å². The molecule has 0 bridgehead atoms. The summed E-state index contributed by atoms with van der Waals surface area (Å²) in [5.74, 6) is -4.07. The van der Waals surface area contributed by atoms with Crippen molar-refractivity contribution in [3.63, 3.8) is 0 Å².